The number of carboxylic acids is 1. The van der Waals surface area contributed by atoms with Crippen LogP contribution in [0.15, 0.2) is 10.5 Å². The van der Waals surface area contributed by atoms with Crippen molar-refractivity contribution in [2.45, 2.75) is 24.7 Å². The summed E-state index contributed by atoms with van der Waals surface area (Å²) in [7, 11) is 0. The van der Waals surface area contributed by atoms with E-state index in [9.17, 15) is 14.3 Å². The van der Waals surface area contributed by atoms with Crippen LogP contribution in [-0.4, -0.2) is 17.9 Å². The Hall–Kier alpha value is -1.30. The van der Waals surface area contributed by atoms with Crippen LogP contribution in [0, 0.1) is 5.82 Å². The van der Waals surface area contributed by atoms with Crippen LogP contribution in [0.4, 0.5) is 4.39 Å². The minimum Gasteiger partial charge on any atom is -0.481 e. The molecule has 1 N–H and O–H groups in total. The summed E-state index contributed by atoms with van der Waals surface area (Å²) in [5, 5.41) is 9.35. The average Bonchev–Trinajstić information content (AvgIpc) is 2.71. The fourth-order valence-electron chi connectivity index (χ4n) is 2.46. The molecule has 0 saturated heterocycles. The predicted octanol–water partition coefficient (Wildman–Crippen LogP) is 2.82. The van der Waals surface area contributed by atoms with Gasteiger partial charge >= 0.3 is 5.97 Å². The Morgan fingerprint density at radius 2 is 2.17 bits per heavy atom. The van der Waals surface area contributed by atoms with Crippen molar-refractivity contribution < 1.29 is 23.8 Å². The van der Waals surface area contributed by atoms with Crippen molar-refractivity contribution in [1.29, 1.82) is 0 Å². The zero-order valence-electron chi connectivity index (χ0n) is 9.33. The van der Waals surface area contributed by atoms with Gasteiger partial charge in [-0.15, -0.1) is 0 Å². The lowest BCUT2D eigenvalue weighted by molar-refractivity contribution is -0.147. The molecular formula is C12H10BrFO4. The molecule has 1 aromatic carbocycles. The molecule has 0 bridgehead atoms. The Labute approximate surface area is 111 Å². The SMILES string of the molecule is O=C(O)C1(c2cc3c(c(Br)c2F)OCO3)CCC1. The van der Waals surface area contributed by atoms with Gasteiger partial charge in [0.15, 0.2) is 11.5 Å². The molecule has 0 atom stereocenters. The topological polar surface area (TPSA) is 55.8 Å². The normalized spacial score (nSPS) is 19.4. The Kier molecular flexibility index (Phi) is 2.52. The maximum atomic E-state index is 14.3. The molecule has 6 heteroatoms. The van der Waals surface area contributed by atoms with Crippen molar-refractivity contribution in [2.24, 2.45) is 0 Å². The number of halogens is 2. The first-order valence-corrected chi connectivity index (χ1v) is 6.37. The second-order valence-corrected chi connectivity index (χ2v) is 5.32. The molecule has 4 nitrogen and oxygen atoms in total. The molecule has 1 aliphatic heterocycles. The van der Waals surface area contributed by atoms with Crippen LogP contribution >= 0.6 is 15.9 Å². The molecule has 1 heterocycles. The third-order valence-corrected chi connectivity index (χ3v) is 4.39. The van der Waals surface area contributed by atoms with Crippen LogP contribution in [0.3, 0.4) is 0 Å². The highest BCUT2D eigenvalue weighted by molar-refractivity contribution is 9.10. The third-order valence-electron chi connectivity index (χ3n) is 3.68. The van der Waals surface area contributed by atoms with Gasteiger partial charge in [-0.3, -0.25) is 4.79 Å². The predicted molar refractivity (Wildman–Crippen MR) is 63.4 cm³/mol. The molecular weight excluding hydrogens is 307 g/mol. The first kappa shape index (κ1) is 11.8. The lowest BCUT2D eigenvalue weighted by atomic mass is 9.64. The maximum Gasteiger partial charge on any atom is 0.314 e. The summed E-state index contributed by atoms with van der Waals surface area (Å²) in [6.45, 7) is 0.0247. The molecule has 0 amide bonds. The molecule has 1 saturated carbocycles. The average molecular weight is 317 g/mol. The van der Waals surface area contributed by atoms with Gasteiger partial charge in [-0.25, -0.2) is 4.39 Å². The maximum absolute atomic E-state index is 14.3. The van der Waals surface area contributed by atoms with Gasteiger partial charge in [-0.05, 0) is 34.8 Å². The second-order valence-electron chi connectivity index (χ2n) is 4.53. The molecule has 96 valence electrons. The number of hydrogen-bond donors (Lipinski definition) is 1. The highest BCUT2D eigenvalue weighted by Crippen LogP contribution is 2.50. The minimum atomic E-state index is -1.12. The Morgan fingerprint density at radius 3 is 2.72 bits per heavy atom. The van der Waals surface area contributed by atoms with Gasteiger partial charge in [0.25, 0.3) is 0 Å². The van der Waals surface area contributed by atoms with Crippen molar-refractivity contribution >= 4 is 21.9 Å². The van der Waals surface area contributed by atoms with E-state index < -0.39 is 17.2 Å². The summed E-state index contributed by atoms with van der Waals surface area (Å²) in [5.74, 6) is -0.860. The summed E-state index contributed by atoms with van der Waals surface area (Å²) in [4.78, 5) is 11.4. The van der Waals surface area contributed by atoms with E-state index in [0.717, 1.165) is 6.42 Å². The summed E-state index contributed by atoms with van der Waals surface area (Å²) in [6.07, 6.45) is 1.69. The van der Waals surface area contributed by atoms with E-state index in [4.69, 9.17) is 9.47 Å². The van der Waals surface area contributed by atoms with Crippen LogP contribution in [0.5, 0.6) is 11.5 Å². The number of rotatable bonds is 2. The van der Waals surface area contributed by atoms with Gasteiger partial charge in [0.2, 0.25) is 6.79 Å². The first-order chi connectivity index (χ1) is 8.56. The summed E-state index contributed by atoms with van der Waals surface area (Å²) < 4.78 is 24.8. The van der Waals surface area contributed by atoms with Gasteiger partial charge < -0.3 is 14.6 Å². The van der Waals surface area contributed by atoms with E-state index in [1.807, 2.05) is 0 Å². The van der Waals surface area contributed by atoms with E-state index >= 15 is 0 Å². The van der Waals surface area contributed by atoms with Crippen LogP contribution < -0.4 is 9.47 Å². The van der Waals surface area contributed by atoms with Crippen LogP contribution in [0.1, 0.15) is 24.8 Å². The van der Waals surface area contributed by atoms with Gasteiger partial charge in [0, 0.05) is 5.56 Å². The smallest absolute Gasteiger partial charge is 0.314 e. The number of aliphatic carboxylic acids is 1. The van der Waals surface area contributed by atoms with E-state index in [-0.39, 0.29) is 16.8 Å². The zero-order valence-corrected chi connectivity index (χ0v) is 10.9. The molecule has 1 aliphatic carbocycles. The molecule has 1 aromatic rings. The highest BCUT2D eigenvalue weighted by Gasteiger charge is 2.49. The van der Waals surface area contributed by atoms with Gasteiger partial charge in [0.1, 0.15) is 5.82 Å². The van der Waals surface area contributed by atoms with Crippen LogP contribution in [0.2, 0.25) is 0 Å². The number of carboxylic acid groups (broad SMARTS) is 1. The van der Waals surface area contributed by atoms with E-state index in [2.05, 4.69) is 15.9 Å². The summed E-state index contributed by atoms with van der Waals surface area (Å²) in [6, 6.07) is 1.45. The number of carbonyl (C=O) groups is 1. The molecule has 0 spiro atoms. The monoisotopic (exact) mass is 316 g/mol. The fraction of sp³-hybridized carbons (Fsp3) is 0.417. The van der Waals surface area contributed by atoms with Crippen LogP contribution in [-0.2, 0) is 10.2 Å². The molecule has 3 rings (SSSR count). The van der Waals surface area contributed by atoms with Gasteiger partial charge in [-0.2, -0.15) is 0 Å². The van der Waals surface area contributed by atoms with E-state index in [0.29, 0.717) is 24.3 Å². The molecule has 2 aliphatic rings. The third kappa shape index (κ3) is 1.38. The highest BCUT2D eigenvalue weighted by atomic mass is 79.9. The lowest BCUT2D eigenvalue weighted by Gasteiger charge is -2.38. The quantitative estimate of drug-likeness (QED) is 0.911. The largest absolute Gasteiger partial charge is 0.481 e. The molecule has 0 radical (unpaired) electrons. The standard InChI is InChI=1S/C12H10BrFO4/c13-8-9(14)6(4-7-10(8)18-5-17-7)12(11(15)16)2-1-3-12/h4H,1-3,5H2,(H,15,16). The van der Waals surface area contributed by atoms with E-state index in [1.54, 1.807) is 0 Å². The van der Waals surface area contributed by atoms with Crippen molar-refractivity contribution in [3.05, 3.63) is 21.9 Å². The van der Waals surface area contributed by atoms with Gasteiger partial charge in [0.05, 0.1) is 9.89 Å². The second kappa shape index (κ2) is 3.85. The van der Waals surface area contributed by atoms with E-state index in [1.165, 1.54) is 6.07 Å². The lowest BCUT2D eigenvalue weighted by Crippen LogP contribution is -2.43. The molecule has 18 heavy (non-hydrogen) atoms. The number of benzene rings is 1. The van der Waals surface area contributed by atoms with Crippen LogP contribution in [0.25, 0.3) is 0 Å². The van der Waals surface area contributed by atoms with Crippen molar-refractivity contribution in [3.8, 4) is 11.5 Å². The minimum absolute atomic E-state index is 0.0247. The Morgan fingerprint density at radius 1 is 1.44 bits per heavy atom. The summed E-state index contributed by atoms with van der Waals surface area (Å²) in [5.41, 5.74) is -0.939. The Bertz CT molecular complexity index is 539. The number of ether oxygens (including phenoxy) is 2. The number of fused-ring (bicyclic) bond motifs is 1. The fourth-order valence-corrected chi connectivity index (χ4v) is 2.98. The zero-order chi connectivity index (χ0) is 12.9. The Balaban J connectivity index is 2.19. The molecule has 0 aromatic heterocycles. The summed E-state index contributed by atoms with van der Waals surface area (Å²) >= 11 is 3.10. The first-order valence-electron chi connectivity index (χ1n) is 5.58. The van der Waals surface area contributed by atoms with Crippen molar-refractivity contribution in [3.63, 3.8) is 0 Å². The molecule has 0 unspecified atom stereocenters. The number of hydrogen-bond acceptors (Lipinski definition) is 3. The van der Waals surface area contributed by atoms with Gasteiger partial charge in [-0.1, -0.05) is 6.42 Å². The van der Waals surface area contributed by atoms with Crippen molar-refractivity contribution in [2.75, 3.05) is 6.79 Å². The van der Waals surface area contributed by atoms with Crippen molar-refractivity contribution in [1.82, 2.24) is 0 Å². The molecule has 1 fully saturated rings.